The highest BCUT2D eigenvalue weighted by molar-refractivity contribution is 5.96. The summed E-state index contributed by atoms with van der Waals surface area (Å²) in [7, 11) is 0. The number of aliphatic hydroxyl groups is 1. The molecule has 0 aliphatic rings. The molecule has 186 valence electrons. The van der Waals surface area contributed by atoms with Crippen molar-refractivity contribution in [1.29, 1.82) is 0 Å². The summed E-state index contributed by atoms with van der Waals surface area (Å²) in [5, 5.41) is 42.0. The van der Waals surface area contributed by atoms with Crippen LogP contribution in [0.5, 0.6) is 0 Å². The highest BCUT2D eigenvalue weighted by Gasteiger charge is 2.32. The first-order valence-electron chi connectivity index (χ1n) is 9.45. The number of nitrogens with two attached hydrogens (primary N) is 2. The molecule has 0 aromatic heterocycles. The van der Waals surface area contributed by atoms with Crippen LogP contribution in [0.1, 0.15) is 32.6 Å². The molecule has 0 aromatic rings. The molecular weight excluding hydrogens is 450 g/mol. The number of carbonyl (C=O) groups is 7. The standard InChI is InChI=1S/C17H27N5O11/c1-6(23)13(19)16(31)20-7(2-3-11(25)26)14(29)21-8(4-10(18)24)15(30)22-9(17(32)33)5-12(27)28/h6-9,13,23H,2-5,19H2,1H3,(H2,18,24)(H,20,31)(H,21,29)(H,22,30)(H,25,26)(H,27,28)(H,32,33). The Kier molecular flexibility index (Phi) is 12.0. The molecule has 16 heteroatoms. The van der Waals surface area contributed by atoms with Gasteiger partial charge in [-0.05, 0) is 13.3 Å². The van der Waals surface area contributed by atoms with E-state index in [1.165, 1.54) is 6.92 Å². The summed E-state index contributed by atoms with van der Waals surface area (Å²) in [4.78, 5) is 81.2. The third-order valence-corrected chi connectivity index (χ3v) is 4.13. The van der Waals surface area contributed by atoms with Gasteiger partial charge >= 0.3 is 17.9 Å². The molecule has 0 aromatic carbocycles. The summed E-state index contributed by atoms with van der Waals surface area (Å²) in [6.07, 6.45) is -4.23. The zero-order valence-corrected chi connectivity index (χ0v) is 17.5. The van der Waals surface area contributed by atoms with Crippen molar-refractivity contribution in [1.82, 2.24) is 16.0 Å². The molecule has 0 rings (SSSR count). The molecule has 4 amide bonds. The average Bonchev–Trinajstić information content (AvgIpc) is 2.67. The molecule has 0 saturated carbocycles. The van der Waals surface area contributed by atoms with Gasteiger partial charge in [0.2, 0.25) is 23.6 Å². The maximum Gasteiger partial charge on any atom is 0.326 e. The van der Waals surface area contributed by atoms with E-state index >= 15 is 0 Å². The minimum atomic E-state index is -1.89. The highest BCUT2D eigenvalue weighted by atomic mass is 16.4. The Bertz CT molecular complexity index is 785. The van der Waals surface area contributed by atoms with Gasteiger partial charge in [-0.1, -0.05) is 0 Å². The lowest BCUT2D eigenvalue weighted by molar-refractivity contribution is -0.147. The van der Waals surface area contributed by atoms with Crippen LogP contribution in [0.25, 0.3) is 0 Å². The minimum Gasteiger partial charge on any atom is -0.481 e. The Morgan fingerprint density at radius 1 is 0.758 bits per heavy atom. The molecule has 5 atom stereocenters. The number of aliphatic hydroxyl groups excluding tert-OH is 1. The zero-order chi connectivity index (χ0) is 25.9. The predicted molar refractivity (Wildman–Crippen MR) is 106 cm³/mol. The Hall–Kier alpha value is -3.79. The molecule has 0 radical (unpaired) electrons. The maximum atomic E-state index is 12.6. The van der Waals surface area contributed by atoms with Crippen LogP contribution in [0, 0.1) is 0 Å². The van der Waals surface area contributed by atoms with Gasteiger partial charge in [-0.2, -0.15) is 0 Å². The lowest BCUT2D eigenvalue weighted by Gasteiger charge is -2.24. The third kappa shape index (κ3) is 11.4. The summed E-state index contributed by atoms with van der Waals surface area (Å²) in [5.41, 5.74) is 10.5. The van der Waals surface area contributed by atoms with Crippen molar-refractivity contribution in [3.8, 4) is 0 Å². The molecule has 16 nitrogen and oxygen atoms in total. The Morgan fingerprint density at radius 2 is 1.24 bits per heavy atom. The Balaban J connectivity index is 5.61. The fraction of sp³-hybridized carbons (Fsp3) is 0.588. The maximum absolute atomic E-state index is 12.6. The van der Waals surface area contributed by atoms with E-state index < -0.39 is 97.5 Å². The molecule has 0 bridgehead atoms. The normalized spacial score (nSPS) is 15.1. The number of hydrogen-bond acceptors (Lipinski definition) is 9. The summed E-state index contributed by atoms with van der Waals surface area (Å²) in [6.45, 7) is 1.19. The van der Waals surface area contributed by atoms with Crippen LogP contribution in [-0.4, -0.2) is 92.2 Å². The van der Waals surface area contributed by atoms with E-state index in [0.29, 0.717) is 0 Å². The number of rotatable bonds is 15. The van der Waals surface area contributed by atoms with Crippen molar-refractivity contribution < 1.29 is 54.0 Å². The van der Waals surface area contributed by atoms with Crippen LogP contribution < -0.4 is 27.4 Å². The molecule has 0 aliphatic carbocycles. The van der Waals surface area contributed by atoms with Crippen LogP contribution in [0.4, 0.5) is 0 Å². The molecule has 0 fully saturated rings. The lowest BCUT2D eigenvalue weighted by atomic mass is 10.1. The summed E-state index contributed by atoms with van der Waals surface area (Å²) >= 11 is 0. The van der Waals surface area contributed by atoms with Crippen molar-refractivity contribution in [3.05, 3.63) is 0 Å². The van der Waals surface area contributed by atoms with Crippen LogP contribution in [0.3, 0.4) is 0 Å². The molecular formula is C17H27N5O11. The summed E-state index contributed by atoms with van der Waals surface area (Å²) < 4.78 is 0. The number of carboxylic acids is 3. The number of nitrogens with one attached hydrogen (secondary N) is 3. The average molecular weight is 477 g/mol. The second-order valence-electron chi connectivity index (χ2n) is 6.99. The smallest absolute Gasteiger partial charge is 0.326 e. The monoisotopic (exact) mass is 477 g/mol. The fourth-order valence-electron chi connectivity index (χ4n) is 2.35. The molecule has 11 N–H and O–H groups in total. The van der Waals surface area contributed by atoms with Gasteiger partial charge in [0.15, 0.2) is 0 Å². The second kappa shape index (κ2) is 13.6. The Labute approximate surface area is 186 Å². The van der Waals surface area contributed by atoms with Gasteiger partial charge in [0.1, 0.15) is 24.2 Å². The van der Waals surface area contributed by atoms with Crippen LogP contribution in [0.2, 0.25) is 0 Å². The van der Waals surface area contributed by atoms with Crippen molar-refractivity contribution >= 4 is 41.5 Å². The van der Waals surface area contributed by atoms with Gasteiger partial charge in [0, 0.05) is 6.42 Å². The molecule has 0 heterocycles. The topological polar surface area (TPSA) is 289 Å². The van der Waals surface area contributed by atoms with Crippen molar-refractivity contribution in [2.24, 2.45) is 11.5 Å². The van der Waals surface area contributed by atoms with E-state index in [1.807, 2.05) is 10.6 Å². The molecule has 0 saturated heterocycles. The first-order valence-corrected chi connectivity index (χ1v) is 9.45. The minimum absolute atomic E-state index is 0.471. The second-order valence-corrected chi connectivity index (χ2v) is 6.99. The predicted octanol–water partition coefficient (Wildman–Crippen LogP) is -4.55. The first kappa shape index (κ1) is 29.2. The van der Waals surface area contributed by atoms with Gasteiger partial charge in [-0.3, -0.25) is 28.8 Å². The van der Waals surface area contributed by atoms with E-state index in [2.05, 4.69) is 5.32 Å². The number of amides is 4. The number of primary amides is 1. The van der Waals surface area contributed by atoms with Gasteiger partial charge in [0.25, 0.3) is 0 Å². The number of carboxylic acid groups (broad SMARTS) is 3. The van der Waals surface area contributed by atoms with Gasteiger partial charge in [-0.15, -0.1) is 0 Å². The number of aliphatic carboxylic acids is 3. The van der Waals surface area contributed by atoms with Gasteiger partial charge < -0.3 is 47.8 Å². The number of hydrogen-bond donors (Lipinski definition) is 9. The third-order valence-electron chi connectivity index (χ3n) is 4.13. The number of carbonyl (C=O) groups excluding carboxylic acids is 4. The molecule has 0 spiro atoms. The van der Waals surface area contributed by atoms with Crippen LogP contribution >= 0.6 is 0 Å². The van der Waals surface area contributed by atoms with Crippen molar-refractivity contribution in [2.75, 3.05) is 0 Å². The van der Waals surface area contributed by atoms with E-state index in [0.717, 1.165) is 0 Å². The van der Waals surface area contributed by atoms with E-state index in [-0.39, 0.29) is 0 Å². The molecule has 0 aliphatic heterocycles. The quantitative estimate of drug-likeness (QED) is 0.108. The van der Waals surface area contributed by atoms with Gasteiger partial charge in [0.05, 0.1) is 18.9 Å². The lowest BCUT2D eigenvalue weighted by Crippen LogP contribution is -2.58. The van der Waals surface area contributed by atoms with E-state index in [9.17, 15) is 38.7 Å². The first-order chi connectivity index (χ1) is 15.1. The fourth-order valence-corrected chi connectivity index (χ4v) is 2.35. The summed E-state index contributed by atoms with van der Waals surface area (Å²) in [5.74, 6) is -9.10. The Morgan fingerprint density at radius 3 is 1.67 bits per heavy atom. The SMILES string of the molecule is CC(O)C(N)C(=O)NC(CCC(=O)O)C(=O)NC(CC(N)=O)C(=O)NC(CC(=O)O)C(=O)O. The van der Waals surface area contributed by atoms with Gasteiger partial charge in [-0.25, -0.2) is 4.79 Å². The van der Waals surface area contributed by atoms with Crippen molar-refractivity contribution in [3.63, 3.8) is 0 Å². The van der Waals surface area contributed by atoms with Crippen LogP contribution in [0.15, 0.2) is 0 Å². The largest absolute Gasteiger partial charge is 0.481 e. The molecule has 33 heavy (non-hydrogen) atoms. The molecule has 5 unspecified atom stereocenters. The van der Waals surface area contributed by atoms with Crippen molar-refractivity contribution in [2.45, 2.75) is 62.9 Å². The zero-order valence-electron chi connectivity index (χ0n) is 17.5. The highest BCUT2D eigenvalue weighted by Crippen LogP contribution is 2.04. The van der Waals surface area contributed by atoms with Crippen LogP contribution in [-0.2, 0) is 33.6 Å². The van der Waals surface area contributed by atoms with E-state index in [4.69, 9.17) is 26.8 Å². The summed E-state index contributed by atoms with van der Waals surface area (Å²) in [6, 6.07) is -6.72. The van der Waals surface area contributed by atoms with E-state index in [1.54, 1.807) is 0 Å².